The maximum atomic E-state index is 4.06. The lowest BCUT2D eigenvalue weighted by atomic mass is 9.99. The SMILES string of the molecule is C(#CC1CCNCC1)c1ncccn1. The molecule has 0 atom stereocenters. The Morgan fingerprint density at radius 2 is 1.93 bits per heavy atom. The van der Waals surface area contributed by atoms with Gasteiger partial charge in [0, 0.05) is 18.3 Å². The first-order valence-corrected chi connectivity index (χ1v) is 4.94. The molecule has 1 aromatic heterocycles. The Morgan fingerprint density at radius 1 is 1.21 bits per heavy atom. The Bertz CT molecular complexity index is 331. The molecule has 0 radical (unpaired) electrons. The maximum Gasteiger partial charge on any atom is 0.204 e. The third-order valence-electron chi connectivity index (χ3n) is 2.29. The van der Waals surface area contributed by atoms with Crippen molar-refractivity contribution in [2.75, 3.05) is 13.1 Å². The van der Waals surface area contributed by atoms with E-state index < -0.39 is 0 Å². The summed E-state index contributed by atoms with van der Waals surface area (Å²) < 4.78 is 0. The molecule has 14 heavy (non-hydrogen) atoms. The summed E-state index contributed by atoms with van der Waals surface area (Å²) in [5.41, 5.74) is 0. The maximum absolute atomic E-state index is 4.06. The van der Waals surface area contributed by atoms with Crippen LogP contribution >= 0.6 is 0 Å². The molecular formula is C11H13N3. The molecule has 0 aliphatic carbocycles. The van der Waals surface area contributed by atoms with Gasteiger partial charge in [0.1, 0.15) is 0 Å². The summed E-state index contributed by atoms with van der Waals surface area (Å²) in [6.07, 6.45) is 5.72. The second-order valence-corrected chi connectivity index (χ2v) is 3.37. The van der Waals surface area contributed by atoms with Crippen LogP contribution in [0.2, 0.25) is 0 Å². The van der Waals surface area contributed by atoms with Gasteiger partial charge in [-0.15, -0.1) is 0 Å². The van der Waals surface area contributed by atoms with E-state index >= 15 is 0 Å². The molecule has 2 heterocycles. The summed E-state index contributed by atoms with van der Waals surface area (Å²) in [4.78, 5) is 8.13. The molecule has 3 nitrogen and oxygen atoms in total. The van der Waals surface area contributed by atoms with Gasteiger partial charge in [-0.2, -0.15) is 0 Å². The fourth-order valence-electron chi connectivity index (χ4n) is 1.50. The summed E-state index contributed by atoms with van der Waals surface area (Å²) >= 11 is 0. The third-order valence-corrected chi connectivity index (χ3v) is 2.29. The molecule has 0 bridgehead atoms. The van der Waals surface area contributed by atoms with Crippen LogP contribution in [0.4, 0.5) is 0 Å². The largest absolute Gasteiger partial charge is 0.317 e. The molecule has 1 N–H and O–H groups in total. The van der Waals surface area contributed by atoms with Gasteiger partial charge in [-0.05, 0) is 37.9 Å². The van der Waals surface area contributed by atoms with E-state index in [9.17, 15) is 0 Å². The second-order valence-electron chi connectivity index (χ2n) is 3.37. The van der Waals surface area contributed by atoms with Gasteiger partial charge in [-0.1, -0.05) is 5.92 Å². The lowest BCUT2D eigenvalue weighted by Gasteiger charge is -2.16. The quantitative estimate of drug-likeness (QED) is 0.611. The smallest absolute Gasteiger partial charge is 0.204 e. The monoisotopic (exact) mass is 187 g/mol. The molecule has 3 heteroatoms. The number of nitrogens with one attached hydrogen (secondary N) is 1. The average Bonchev–Trinajstić information content (AvgIpc) is 2.29. The number of rotatable bonds is 0. The Morgan fingerprint density at radius 3 is 2.64 bits per heavy atom. The van der Waals surface area contributed by atoms with Crippen molar-refractivity contribution in [1.29, 1.82) is 0 Å². The molecule has 1 aliphatic heterocycles. The molecule has 1 aliphatic rings. The van der Waals surface area contributed by atoms with Crippen molar-refractivity contribution in [3.63, 3.8) is 0 Å². The first kappa shape index (κ1) is 9.17. The zero-order chi connectivity index (χ0) is 9.64. The van der Waals surface area contributed by atoms with Crippen molar-refractivity contribution < 1.29 is 0 Å². The molecule has 1 fully saturated rings. The molecule has 1 aromatic rings. The van der Waals surface area contributed by atoms with Crippen LogP contribution in [0.1, 0.15) is 18.7 Å². The van der Waals surface area contributed by atoms with Crippen molar-refractivity contribution in [2.45, 2.75) is 12.8 Å². The number of hydrogen-bond donors (Lipinski definition) is 1. The predicted octanol–water partition coefficient (Wildman–Crippen LogP) is 0.828. The molecule has 0 unspecified atom stereocenters. The molecule has 0 amide bonds. The highest BCUT2D eigenvalue weighted by atomic mass is 14.9. The number of aromatic nitrogens is 2. The van der Waals surface area contributed by atoms with Crippen LogP contribution in [0, 0.1) is 17.8 Å². The minimum Gasteiger partial charge on any atom is -0.317 e. The summed E-state index contributed by atoms with van der Waals surface area (Å²) in [5, 5.41) is 3.31. The normalized spacial score (nSPS) is 17.1. The minimum atomic E-state index is 0.514. The van der Waals surface area contributed by atoms with Crippen LogP contribution < -0.4 is 5.32 Å². The number of hydrogen-bond acceptors (Lipinski definition) is 3. The van der Waals surface area contributed by atoms with Gasteiger partial charge < -0.3 is 5.32 Å². The van der Waals surface area contributed by atoms with Gasteiger partial charge in [0.15, 0.2) is 0 Å². The van der Waals surface area contributed by atoms with Crippen molar-refractivity contribution in [2.24, 2.45) is 5.92 Å². The Kier molecular flexibility index (Phi) is 3.10. The number of piperidine rings is 1. The lowest BCUT2D eigenvalue weighted by molar-refractivity contribution is 0.447. The van der Waals surface area contributed by atoms with Gasteiger partial charge >= 0.3 is 0 Å². The first-order valence-electron chi connectivity index (χ1n) is 4.94. The summed E-state index contributed by atoms with van der Waals surface area (Å²) in [5.74, 6) is 7.38. The summed E-state index contributed by atoms with van der Waals surface area (Å²) in [6.45, 7) is 2.16. The van der Waals surface area contributed by atoms with Crippen LogP contribution in [0.5, 0.6) is 0 Å². The van der Waals surface area contributed by atoms with Crippen LogP contribution in [0.3, 0.4) is 0 Å². The summed E-state index contributed by atoms with van der Waals surface area (Å²) in [6, 6.07) is 1.80. The van der Waals surface area contributed by atoms with E-state index in [1.807, 2.05) is 0 Å². The van der Waals surface area contributed by atoms with Crippen molar-refractivity contribution >= 4 is 0 Å². The van der Waals surface area contributed by atoms with Gasteiger partial charge in [-0.25, -0.2) is 9.97 Å². The van der Waals surface area contributed by atoms with Gasteiger partial charge in [0.25, 0.3) is 0 Å². The van der Waals surface area contributed by atoms with Crippen LogP contribution in [0.25, 0.3) is 0 Å². The van der Waals surface area contributed by atoms with Crippen LogP contribution in [-0.2, 0) is 0 Å². The van der Waals surface area contributed by atoms with E-state index in [-0.39, 0.29) is 0 Å². The number of nitrogens with zero attached hydrogens (tertiary/aromatic N) is 2. The highest BCUT2D eigenvalue weighted by Crippen LogP contribution is 2.09. The first-order chi connectivity index (χ1) is 6.95. The summed E-state index contributed by atoms with van der Waals surface area (Å²) in [7, 11) is 0. The molecule has 1 saturated heterocycles. The molecule has 72 valence electrons. The van der Waals surface area contributed by atoms with E-state index in [4.69, 9.17) is 0 Å². The van der Waals surface area contributed by atoms with Crippen molar-refractivity contribution in [3.05, 3.63) is 24.3 Å². The molecule has 0 spiro atoms. The van der Waals surface area contributed by atoms with E-state index in [1.165, 1.54) is 0 Å². The standard InChI is InChI=1S/C11H13N3/c1-6-13-11(14-7-1)3-2-10-4-8-12-9-5-10/h1,6-7,10,12H,4-5,8-9H2. The fraction of sp³-hybridized carbons (Fsp3) is 0.455. The van der Waals surface area contributed by atoms with Gasteiger partial charge in [-0.3, -0.25) is 0 Å². The Balaban J connectivity index is 1.99. The zero-order valence-corrected chi connectivity index (χ0v) is 8.03. The van der Waals surface area contributed by atoms with Crippen molar-refractivity contribution in [3.8, 4) is 11.8 Å². The molecular weight excluding hydrogens is 174 g/mol. The van der Waals surface area contributed by atoms with Crippen LogP contribution in [0.15, 0.2) is 18.5 Å². The van der Waals surface area contributed by atoms with E-state index in [2.05, 4.69) is 27.1 Å². The minimum absolute atomic E-state index is 0.514. The Hall–Kier alpha value is -1.40. The topological polar surface area (TPSA) is 37.8 Å². The van der Waals surface area contributed by atoms with E-state index in [1.54, 1.807) is 18.5 Å². The van der Waals surface area contributed by atoms with Gasteiger partial charge in [0.05, 0.1) is 0 Å². The molecule has 2 rings (SSSR count). The highest BCUT2D eigenvalue weighted by molar-refractivity contribution is 5.21. The zero-order valence-electron chi connectivity index (χ0n) is 8.03. The van der Waals surface area contributed by atoms with Gasteiger partial charge in [0.2, 0.25) is 5.82 Å². The highest BCUT2D eigenvalue weighted by Gasteiger charge is 2.09. The molecule has 0 aromatic carbocycles. The van der Waals surface area contributed by atoms with Crippen LogP contribution in [-0.4, -0.2) is 23.1 Å². The predicted molar refractivity (Wildman–Crippen MR) is 54.5 cm³/mol. The van der Waals surface area contributed by atoms with E-state index in [0.29, 0.717) is 11.7 Å². The molecule has 0 saturated carbocycles. The lowest BCUT2D eigenvalue weighted by Crippen LogP contribution is -2.26. The van der Waals surface area contributed by atoms with Crippen molar-refractivity contribution in [1.82, 2.24) is 15.3 Å². The fourth-order valence-corrected chi connectivity index (χ4v) is 1.50. The Labute approximate surface area is 84.0 Å². The van der Waals surface area contributed by atoms with E-state index in [0.717, 1.165) is 25.9 Å². The third kappa shape index (κ3) is 2.54. The second kappa shape index (κ2) is 4.73. The average molecular weight is 187 g/mol.